The first-order chi connectivity index (χ1) is 11.7. The normalized spacial score (nSPS) is 23.8. The molecule has 0 aliphatic heterocycles. The second-order valence-corrected chi connectivity index (χ2v) is 6.06. The monoisotopic (exact) mass is 330 g/mol. The van der Waals surface area contributed by atoms with Crippen LogP contribution in [0.2, 0.25) is 0 Å². The Morgan fingerprint density at radius 3 is 3.00 bits per heavy atom. The number of hydrogen-bond acceptors (Lipinski definition) is 6. The van der Waals surface area contributed by atoms with Gasteiger partial charge in [-0.25, -0.2) is 0 Å². The van der Waals surface area contributed by atoms with Gasteiger partial charge >= 0.3 is 0 Å². The van der Waals surface area contributed by atoms with Gasteiger partial charge in [0.15, 0.2) is 5.76 Å². The van der Waals surface area contributed by atoms with E-state index < -0.39 is 0 Å². The summed E-state index contributed by atoms with van der Waals surface area (Å²) < 4.78 is 10.6. The van der Waals surface area contributed by atoms with E-state index in [2.05, 4.69) is 15.5 Å². The molecule has 1 fully saturated rings. The molecular formula is C17H22N4O3. The molecule has 0 radical (unpaired) electrons. The lowest BCUT2D eigenvalue weighted by Crippen LogP contribution is -2.45. The molecule has 7 nitrogen and oxygen atoms in total. The zero-order valence-corrected chi connectivity index (χ0v) is 13.6. The van der Waals surface area contributed by atoms with Gasteiger partial charge in [0.05, 0.1) is 18.3 Å². The van der Waals surface area contributed by atoms with Crippen LogP contribution in [0, 0.1) is 5.92 Å². The number of nitrogens with zero attached hydrogens (tertiary/aromatic N) is 2. The molecule has 3 rings (SSSR count). The summed E-state index contributed by atoms with van der Waals surface area (Å²) in [5.74, 6) is 0.513. The predicted octanol–water partition coefficient (Wildman–Crippen LogP) is 1.50. The Bertz CT molecular complexity index is 673. The molecular weight excluding hydrogens is 308 g/mol. The highest BCUT2D eigenvalue weighted by Gasteiger charge is 2.31. The summed E-state index contributed by atoms with van der Waals surface area (Å²) in [6.07, 6.45) is 3.98. The van der Waals surface area contributed by atoms with Gasteiger partial charge in [-0.3, -0.25) is 9.78 Å². The molecule has 0 bridgehead atoms. The van der Waals surface area contributed by atoms with E-state index in [0.29, 0.717) is 24.4 Å². The largest absolute Gasteiger partial charge is 0.380 e. The smallest absolute Gasteiger partial charge is 0.223 e. The second-order valence-electron chi connectivity index (χ2n) is 6.06. The Morgan fingerprint density at radius 2 is 2.29 bits per heavy atom. The summed E-state index contributed by atoms with van der Waals surface area (Å²) in [5.41, 5.74) is 7.45. The van der Waals surface area contributed by atoms with Crippen LogP contribution in [0.3, 0.4) is 0 Å². The Labute approximate surface area is 140 Å². The number of methoxy groups -OCH3 is 1. The fourth-order valence-corrected chi connectivity index (χ4v) is 3.06. The van der Waals surface area contributed by atoms with Crippen LogP contribution in [0.4, 0.5) is 0 Å². The number of hydrogen-bond donors (Lipinski definition) is 2. The first-order valence-corrected chi connectivity index (χ1v) is 8.10. The zero-order chi connectivity index (χ0) is 16.9. The summed E-state index contributed by atoms with van der Waals surface area (Å²) in [6, 6.07) is 7.28. The minimum atomic E-state index is -0.0967. The Balaban J connectivity index is 1.53. The highest BCUT2D eigenvalue weighted by Crippen LogP contribution is 2.25. The van der Waals surface area contributed by atoms with Crippen LogP contribution in [-0.2, 0) is 16.1 Å². The maximum atomic E-state index is 12.3. The molecule has 3 N–H and O–H groups in total. The topological polar surface area (TPSA) is 103 Å². The third kappa shape index (κ3) is 3.80. The van der Waals surface area contributed by atoms with Crippen molar-refractivity contribution in [3.63, 3.8) is 0 Å². The molecule has 0 aromatic carbocycles. The van der Waals surface area contributed by atoms with Gasteiger partial charge in [-0.1, -0.05) is 11.2 Å². The molecule has 1 aliphatic carbocycles. The fraction of sp³-hybridized carbons (Fsp3) is 0.471. The van der Waals surface area contributed by atoms with Gasteiger partial charge in [0.2, 0.25) is 5.91 Å². The van der Waals surface area contributed by atoms with Crippen LogP contribution in [0.1, 0.15) is 25.0 Å². The van der Waals surface area contributed by atoms with Crippen molar-refractivity contribution in [3.8, 4) is 11.4 Å². The van der Waals surface area contributed by atoms with Crippen molar-refractivity contribution < 1.29 is 14.1 Å². The summed E-state index contributed by atoms with van der Waals surface area (Å²) in [7, 11) is 1.66. The molecule has 24 heavy (non-hydrogen) atoms. The van der Waals surface area contributed by atoms with E-state index >= 15 is 0 Å². The number of amides is 1. The number of ether oxygens (including phenoxy) is 1. The summed E-state index contributed by atoms with van der Waals surface area (Å²) >= 11 is 0. The molecule has 2 heterocycles. The van der Waals surface area contributed by atoms with Gasteiger partial charge in [-0.05, 0) is 31.4 Å². The number of nitrogens with one attached hydrogen (secondary N) is 1. The van der Waals surface area contributed by atoms with Crippen molar-refractivity contribution in [2.45, 2.75) is 38.0 Å². The molecule has 1 aliphatic rings. The van der Waals surface area contributed by atoms with Crippen molar-refractivity contribution in [2.75, 3.05) is 7.11 Å². The van der Waals surface area contributed by atoms with Crippen LogP contribution in [0.5, 0.6) is 0 Å². The van der Waals surface area contributed by atoms with Crippen molar-refractivity contribution >= 4 is 5.91 Å². The number of pyridine rings is 1. The Kier molecular flexibility index (Phi) is 5.22. The molecule has 2 aromatic heterocycles. The Hall–Kier alpha value is -2.25. The molecule has 128 valence electrons. The molecule has 2 aromatic rings. The van der Waals surface area contributed by atoms with E-state index in [1.54, 1.807) is 19.4 Å². The molecule has 0 spiro atoms. The lowest BCUT2D eigenvalue weighted by atomic mass is 9.83. The van der Waals surface area contributed by atoms with Gasteiger partial charge in [-0.2, -0.15) is 0 Å². The van der Waals surface area contributed by atoms with E-state index in [4.69, 9.17) is 15.0 Å². The fourth-order valence-electron chi connectivity index (χ4n) is 3.06. The van der Waals surface area contributed by atoms with Crippen LogP contribution < -0.4 is 11.1 Å². The number of aromatic nitrogens is 2. The van der Waals surface area contributed by atoms with Gasteiger partial charge < -0.3 is 20.3 Å². The number of rotatable bonds is 5. The van der Waals surface area contributed by atoms with Crippen molar-refractivity contribution in [3.05, 3.63) is 36.2 Å². The predicted molar refractivity (Wildman–Crippen MR) is 87.7 cm³/mol. The van der Waals surface area contributed by atoms with Gasteiger partial charge in [0.1, 0.15) is 5.69 Å². The minimum absolute atomic E-state index is 0.00390. The van der Waals surface area contributed by atoms with E-state index in [9.17, 15) is 4.79 Å². The average molecular weight is 330 g/mol. The molecule has 7 heteroatoms. The molecule has 0 unspecified atom stereocenters. The minimum Gasteiger partial charge on any atom is -0.380 e. The third-order valence-electron chi connectivity index (χ3n) is 4.43. The Morgan fingerprint density at radius 1 is 1.42 bits per heavy atom. The van der Waals surface area contributed by atoms with E-state index in [-0.39, 0.29) is 24.0 Å². The maximum absolute atomic E-state index is 12.3. The molecule has 3 atom stereocenters. The summed E-state index contributed by atoms with van der Waals surface area (Å²) in [5, 5.41) is 6.88. The lowest BCUT2D eigenvalue weighted by molar-refractivity contribution is -0.127. The number of carbonyl (C=O) groups excluding carboxylic acids is 1. The summed E-state index contributed by atoms with van der Waals surface area (Å²) in [4.78, 5) is 16.5. The summed E-state index contributed by atoms with van der Waals surface area (Å²) in [6.45, 7) is 0.304. The first kappa shape index (κ1) is 16.6. The van der Waals surface area contributed by atoms with Gasteiger partial charge in [-0.15, -0.1) is 0 Å². The van der Waals surface area contributed by atoms with Crippen LogP contribution in [0.25, 0.3) is 11.4 Å². The average Bonchev–Trinajstić information content (AvgIpc) is 3.09. The number of nitrogens with two attached hydrogens (primary N) is 1. The third-order valence-corrected chi connectivity index (χ3v) is 4.43. The highest BCUT2D eigenvalue weighted by molar-refractivity contribution is 5.78. The van der Waals surface area contributed by atoms with Crippen LogP contribution in [-0.4, -0.2) is 35.3 Å². The quantitative estimate of drug-likeness (QED) is 0.861. The SMILES string of the molecule is CO[C@@H]1CC[C@H](C(=O)NCc2cc(-c3ccccn3)no2)C[C@H]1N. The standard InChI is InChI=1S/C17H22N4O3/c1-23-16-6-5-11(8-13(16)18)17(22)20-10-12-9-15(21-24-12)14-4-2-3-7-19-14/h2-4,7,9,11,13,16H,5-6,8,10,18H2,1H3,(H,20,22)/t11-,13+,16+/m0/s1. The van der Waals surface area contributed by atoms with Gasteiger partial charge in [0, 0.05) is 31.3 Å². The van der Waals surface area contributed by atoms with Crippen molar-refractivity contribution in [1.82, 2.24) is 15.5 Å². The molecule has 0 saturated heterocycles. The van der Waals surface area contributed by atoms with Gasteiger partial charge in [0.25, 0.3) is 0 Å². The lowest BCUT2D eigenvalue weighted by Gasteiger charge is -2.32. The molecule has 1 saturated carbocycles. The van der Waals surface area contributed by atoms with E-state index in [1.165, 1.54) is 0 Å². The first-order valence-electron chi connectivity index (χ1n) is 8.10. The number of carbonyl (C=O) groups is 1. The molecule has 1 amide bonds. The van der Waals surface area contributed by atoms with E-state index in [1.807, 2.05) is 18.2 Å². The van der Waals surface area contributed by atoms with Crippen LogP contribution in [0.15, 0.2) is 35.0 Å². The van der Waals surface area contributed by atoms with Crippen molar-refractivity contribution in [1.29, 1.82) is 0 Å². The van der Waals surface area contributed by atoms with Crippen LogP contribution >= 0.6 is 0 Å². The van der Waals surface area contributed by atoms with E-state index in [0.717, 1.165) is 18.5 Å². The zero-order valence-electron chi connectivity index (χ0n) is 13.6. The van der Waals surface area contributed by atoms with Crippen molar-refractivity contribution in [2.24, 2.45) is 11.7 Å². The maximum Gasteiger partial charge on any atom is 0.223 e. The highest BCUT2D eigenvalue weighted by atomic mass is 16.5. The second kappa shape index (κ2) is 7.55.